The number of halogens is 2. The number of imidazole rings is 2. The van der Waals surface area contributed by atoms with E-state index in [1.807, 2.05) is 69.0 Å². The number of carboxylic acid groups (broad SMARTS) is 1. The molecule has 0 bridgehead atoms. The average Bonchev–Trinajstić information content (AvgIpc) is 4.24. The van der Waals surface area contributed by atoms with Gasteiger partial charge in [0.2, 0.25) is 11.8 Å². The number of aromatic amines is 2. The van der Waals surface area contributed by atoms with E-state index in [9.17, 15) is 24.3 Å². The largest absolute Gasteiger partial charge is 0.465 e. The van der Waals surface area contributed by atoms with Crippen LogP contribution in [0.25, 0.3) is 22.1 Å². The Morgan fingerprint density at radius 2 is 1.15 bits per heavy atom. The first-order chi connectivity index (χ1) is 35.1. The first-order valence-electron chi connectivity index (χ1n) is 26.6. The number of ether oxygens (including phenoxy) is 1. The molecule has 6 atom stereocenters. The maximum Gasteiger partial charge on any atom is 0.407 e. The lowest BCUT2D eigenvalue weighted by molar-refractivity contribution is -0.136. The Balaban J connectivity index is 0.968. The molecule has 5 aliphatic rings. The van der Waals surface area contributed by atoms with Crippen molar-refractivity contribution in [2.45, 2.75) is 147 Å². The fraction of sp³-hybridized carbons (Fsp3) is 0.564. The monoisotopic (exact) mass is 1000 g/mol. The van der Waals surface area contributed by atoms with E-state index >= 15 is 8.78 Å². The molecule has 1 spiro atoms. The lowest BCUT2D eigenvalue weighted by Crippen LogP contribution is -2.51. The van der Waals surface area contributed by atoms with Crippen molar-refractivity contribution in [3.05, 3.63) is 82.9 Å². The second kappa shape index (κ2) is 20.5. The van der Waals surface area contributed by atoms with Crippen molar-refractivity contribution in [2.24, 2.45) is 17.3 Å². The van der Waals surface area contributed by atoms with Crippen molar-refractivity contribution in [3.8, 4) is 0 Å². The lowest BCUT2D eigenvalue weighted by Gasteiger charge is -2.45. The number of likely N-dealkylation sites (tertiary alicyclic amines) is 2. The molecule has 0 unspecified atom stereocenters. The highest BCUT2D eigenvalue weighted by atomic mass is 19.1. The number of anilines is 2. The topological polar surface area (TPSA) is 192 Å². The molecule has 0 radical (unpaired) electrons. The van der Waals surface area contributed by atoms with Gasteiger partial charge in [-0.3, -0.25) is 9.59 Å². The molecule has 5 aromatic rings. The van der Waals surface area contributed by atoms with Crippen LogP contribution in [0.3, 0.4) is 0 Å². The van der Waals surface area contributed by atoms with Gasteiger partial charge in [-0.2, -0.15) is 0 Å². The molecule has 3 aromatic carbocycles. The summed E-state index contributed by atoms with van der Waals surface area (Å²) in [6.07, 6.45) is 10.3. The fourth-order valence-corrected chi connectivity index (χ4v) is 13.0. The van der Waals surface area contributed by atoms with Crippen molar-refractivity contribution in [3.63, 3.8) is 0 Å². The van der Waals surface area contributed by atoms with Gasteiger partial charge in [0, 0.05) is 31.9 Å². The van der Waals surface area contributed by atoms with Crippen LogP contribution in [0.15, 0.2) is 48.5 Å². The summed E-state index contributed by atoms with van der Waals surface area (Å²) in [5.41, 5.74) is 5.59. The van der Waals surface area contributed by atoms with Gasteiger partial charge >= 0.3 is 12.2 Å². The minimum absolute atomic E-state index is 0.0378. The molecule has 4 amide bonds. The van der Waals surface area contributed by atoms with Gasteiger partial charge in [-0.25, -0.2) is 28.3 Å². The van der Waals surface area contributed by atoms with Gasteiger partial charge in [0.25, 0.3) is 0 Å². The summed E-state index contributed by atoms with van der Waals surface area (Å²) in [7, 11) is 1.28. The molecule has 10 rings (SSSR count). The number of hydrogen-bond acceptors (Lipinski definition) is 9. The molecule has 5 fully saturated rings. The van der Waals surface area contributed by atoms with Crippen LogP contribution in [-0.4, -0.2) is 104 Å². The first-order valence-corrected chi connectivity index (χ1v) is 26.6. The van der Waals surface area contributed by atoms with Crippen molar-refractivity contribution >= 4 is 57.4 Å². The van der Waals surface area contributed by atoms with E-state index in [4.69, 9.17) is 14.7 Å². The Kier molecular flexibility index (Phi) is 14.0. The van der Waals surface area contributed by atoms with Gasteiger partial charge in [0.05, 0.1) is 53.3 Å². The molecule has 5 N–H and O–H groups in total. The number of carbonyl (C=O) groups is 4. The normalized spacial score (nSPS) is 23.0. The summed E-state index contributed by atoms with van der Waals surface area (Å²) in [4.78, 5) is 76.3. The van der Waals surface area contributed by atoms with Crippen molar-refractivity contribution in [1.82, 2.24) is 40.4 Å². The second-order valence-electron chi connectivity index (χ2n) is 22.0. The van der Waals surface area contributed by atoms with E-state index < -0.39 is 35.9 Å². The number of piperidine rings is 1. The number of nitrogens with one attached hydrogen (secondary N) is 4. The van der Waals surface area contributed by atoms with Crippen LogP contribution >= 0.6 is 0 Å². The van der Waals surface area contributed by atoms with Gasteiger partial charge in [-0.05, 0) is 129 Å². The molecule has 18 heteroatoms. The molecule has 4 aliphatic heterocycles. The number of fused-ring (bicyclic) bond motifs is 2. The number of methoxy groups -OCH3 is 1. The van der Waals surface area contributed by atoms with Gasteiger partial charge in [0.1, 0.15) is 29.4 Å². The molecule has 1 saturated carbocycles. The Bertz CT molecular complexity index is 2850. The number of hydrogen-bond donors (Lipinski definition) is 5. The minimum Gasteiger partial charge on any atom is -0.465 e. The van der Waals surface area contributed by atoms with E-state index in [2.05, 4.69) is 25.5 Å². The fourth-order valence-electron chi connectivity index (χ4n) is 13.0. The van der Waals surface area contributed by atoms with Gasteiger partial charge < -0.3 is 50.0 Å². The third-order valence-electron chi connectivity index (χ3n) is 16.9. The van der Waals surface area contributed by atoms with Crippen LogP contribution in [0.2, 0.25) is 0 Å². The SMILES string of the molecule is COC(=O)N[C@H](C(=O)N1CCC[C@H]1c1nc2cc([C@H]3CC[C@H](c4ccc5[nH]c([C@@H]6CCCN6C(=O)[C@@H](NC(=O)O)C(C)C)nc5c4)N3c3cc(F)c(N4CCC5(CCCCC5)CC4)c(F)c3)ccc2[nH]1)C(C)C. The summed E-state index contributed by atoms with van der Waals surface area (Å²) in [6.45, 7) is 9.66. The van der Waals surface area contributed by atoms with Gasteiger partial charge in [0.15, 0.2) is 11.6 Å². The molecule has 390 valence electrons. The van der Waals surface area contributed by atoms with E-state index in [0.29, 0.717) is 80.2 Å². The van der Waals surface area contributed by atoms with Crippen LogP contribution in [0, 0.1) is 28.9 Å². The predicted molar refractivity (Wildman–Crippen MR) is 274 cm³/mol. The zero-order valence-electron chi connectivity index (χ0n) is 42.7. The quantitative estimate of drug-likeness (QED) is 0.0804. The van der Waals surface area contributed by atoms with E-state index in [1.54, 1.807) is 9.80 Å². The summed E-state index contributed by atoms with van der Waals surface area (Å²) in [6, 6.07) is 12.2. The third-order valence-corrected chi connectivity index (χ3v) is 16.9. The number of amides is 4. The van der Waals surface area contributed by atoms with Crippen LogP contribution in [-0.2, 0) is 14.3 Å². The van der Waals surface area contributed by atoms with Crippen molar-refractivity contribution in [1.29, 1.82) is 0 Å². The summed E-state index contributed by atoms with van der Waals surface area (Å²) in [5, 5.41) is 14.6. The number of alkyl carbamates (subject to hydrolysis) is 1. The van der Waals surface area contributed by atoms with Gasteiger partial charge in [-0.15, -0.1) is 0 Å². The Hall–Kier alpha value is -6.46. The highest BCUT2D eigenvalue weighted by Crippen LogP contribution is 2.50. The molecule has 1 aliphatic carbocycles. The van der Waals surface area contributed by atoms with E-state index in [1.165, 1.54) is 51.3 Å². The maximum atomic E-state index is 16.8. The molecular formula is C55H70F2N10O6. The number of carbonyl (C=O) groups excluding carboxylic acids is 3. The van der Waals surface area contributed by atoms with Crippen LogP contribution in [0.1, 0.15) is 158 Å². The number of aromatic nitrogens is 4. The second-order valence-corrected chi connectivity index (χ2v) is 22.0. The highest BCUT2D eigenvalue weighted by Gasteiger charge is 2.42. The highest BCUT2D eigenvalue weighted by molar-refractivity contribution is 5.87. The summed E-state index contributed by atoms with van der Waals surface area (Å²) >= 11 is 0. The Morgan fingerprint density at radius 3 is 1.62 bits per heavy atom. The van der Waals surface area contributed by atoms with Gasteiger partial charge in [-0.1, -0.05) is 59.1 Å². The van der Waals surface area contributed by atoms with Crippen LogP contribution in [0.4, 0.5) is 29.7 Å². The van der Waals surface area contributed by atoms with E-state index in [0.717, 1.165) is 47.8 Å². The molecular weight excluding hydrogens is 935 g/mol. The zero-order chi connectivity index (χ0) is 51.3. The number of rotatable bonds is 12. The Morgan fingerprint density at radius 1 is 0.658 bits per heavy atom. The minimum atomic E-state index is -1.25. The summed E-state index contributed by atoms with van der Waals surface area (Å²) in [5.74, 6) is -0.780. The maximum absolute atomic E-state index is 16.8. The zero-order valence-corrected chi connectivity index (χ0v) is 42.7. The first kappa shape index (κ1) is 50.1. The molecule has 4 saturated heterocycles. The average molecular weight is 1010 g/mol. The van der Waals surface area contributed by atoms with Crippen LogP contribution in [0.5, 0.6) is 0 Å². The molecule has 2 aromatic heterocycles. The predicted octanol–water partition coefficient (Wildman–Crippen LogP) is 10.4. The van der Waals surface area contributed by atoms with Crippen molar-refractivity contribution < 1.29 is 37.8 Å². The molecule has 73 heavy (non-hydrogen) atoms. The number of nitrogens with zero attached hydrogens (tertiary/aromatic N) is 6. The number of benzene rings is 3. The van der Waals surface area contributed by atoms with Crippen molar-refractivity contribution in [2.75, 3.05) is 43.1 Å². The standard InChI is InChI=1S/C55H70F2N10O6/c1-31(2)46(62-53(70)71)51(68)65-23-9-11-44(65)49-58-38-15-13-33(27-40(38)60-49)42-17-18-43(67(42)35-29-36(56)48(37(57)30-35)64-25-21-55(22-26-64)19-7-6-8-20-55)34-14-16-39-41(28-34)61-50(59-39)45-12-10-24-66(45)52(69)47(32(3)4)63-54(72)73-5/h13-16,27-32,42-47,62H,6-12,17-26H2,1-5H3,(H,58,60)(H,59,61)(H,63,72)(H,70,71)/t42-,43-,44+,45+,46+,47+/m1/s1. The van der Waals surface area contributed by atoms with E-state index in [-0.39, 0.29) is 58.9 Å². The lowest BCUT2D eigenvalue weighted by atomic mass is 9.68. The summed E-state index contributed by atoms with van der Waals surface area (Å²) < 4.78 is 38.5. The van der Waals surface area contributed by atoms with Crippen LogP contribution < -0.4 is 20.4 Å². The molecule has 6 heterocycles. The third kappa shape index (κ3) is 9.77. The number of H-pyrrole nitrogens is 2. The molecule has 16 nitrogen and oxygen atoms in total. The smallest absolute Gasteiger partial charge is 0.407 e. The Labute approximate surface area is 425 Å².